The Morgan fingerprint density at radius 1 is 1.45 bits per heavy atom. The van der Waals surface area contributed by atoms with Crippen LogP contribution in [0.15, 0.2) is 18.5 Å². The predicted octanol–water partition coefficient (Wildman–Crippen LogP) is 2.61. The molecule has 1 aliphatic heterocycles. The number of aromatic nitrogens is 1. The van der Waals surface area contributed by atoms with E-state index in [1.807, 2.05) is 19.2 Å². The standard InChI is InChI=1S/C16H22N2O2/c1-11-9-17-7-6-13(11)10-18-14-5-3-2-4-12(14)8-15(18)16(19)20/h6-7,9,12,14-15H,2-5,8,10H2,1H3,(H,19,20). The molecule has 1 aromatic rings. The molecular formula is C16H22N2O2. The van der Waals surface area contributed by atoms with Crippen molar-refractivity contribution < 1.29 is 9.90 Å². The maximum atomic E-state index is 11.6. The zero-order chi connectivity index (χ0) is 14.1. The van der Waals surface area contributed by atoms with Gasteiger partial charge in [0.1, 0.15) is 6.04 Å². The number of nitrogens with zero attached hydrogens (tertiary/aromatic N) is 2. The fourth-order valence-electron chi connectivity index (χ4n) is 3.90. The first-order valence-electron chi connectivity index (χ1n) is 7.55. The number of carbonyl (C=O) groups is 1. The molecule has 2 heterocycles. The molecule has 20 heavy (non-hydrogen) atoms. The molecule has 0 bridgehead atoms. The molecule has 2 aliphatic rings. The Balaban J connectivity index is 1.84. The van der Waals surface area contributed by atoms with Crippen LogP contribution in [0.3, 0.4) is 0 Å². The van der Waals surface area contributed by atoms with Crippen molar-refractivity contribution in [1.82, 2.24) is 9.88 Å². The molecule has 3 atom stereocenters. The highest BCUT2D eigenvalue weighted by molar-refractivity contribution is 5.74. The summed E-state index contributed by atoms with van der Waals surface area (Å²) in [5.74, 6) is -0.0851. The third-order valence-electron chi connectivity index (χ3n) is 5.00. The summed E-state index contributed by atoms with van der Waals surface area (Å²) >= 11 is 0. The molecule has 1 saturated heterocycles. The fourth-order valence-corrected chi connectivity index (χ4v) is 3.90. The van der Waals surface area contributed by atoms with Gasteiger partial charge in [-0.1, -0.05) is 12.8 Å². The highest BCUT2D eigenvalue weighted by Crippen LogP contribution is 2.40. The first-order valence-corrected chi connectivity index (χ1v) is 7.55. The Labute approximate surface area is 119 Å². The van der Waals surface area contributed by atoms with Crippen LogP contribution in [0.4, 0.5) is 0 Å². The lowest BCUT2D eigenvalue weighted by Gasteiger charge is -2.33. The van der Waals surface area contributed by atoms with Crippen LogP contribution in [0.1, 0.15) is 43.2 Å². The third kappa shape index (κ3) is 2.44. The van der Waals surface area contributed by atoms with E-state index in [4.69, 9.17) is 0 Å². The summed E-state index contributed by atoms with van der Waals surface area (Å²) in [5, 5.41) is 9.52. The van der Waals surface area contributed by atoms with Gasteiger partial charge in [0.2, 0.25) is 0 Å². The Bertz CT molecular complexity index is 503. The van der Waals surface area contributed by atoms with Gasteiger partial charge < -0.3 is 5.11 Å². The number of carboxylic acid groups (broad SMARTS) is 1. The van der Waals surface area contributed by atoms with E-state index in [-0.39, 0.29) is 6.04 Å². The van der Waals surface area contributed by atoms with Crippen molar-refractivity contribution in [3.05, 3.63) is 29.6 Å². The molecule has 4 heteroatoms. The summed E-state index contributed by atoms with van der Waals surface area (Å²) in [7, 11) is 0. The zero-order valence-corrected chi connectivity index (χ0v) is 12.0. The largest absolute Gasteiger partial charge is 0.480 e. The average Bonchev–Trinajstić information content (AvgIpc) is 2.81. The van der Waals surface area contributed by atoms with Gasteiger partial charge in [0, 0.05) is 25.0 Å². The molecular weight excluding hydrogens is 252 g/mol. The van der Waals surface area contributed by atoms with Crippen molar-refractivity contribution in [1.29, 1.82) is 0 Å². The van der Waals surface area contributed by atoms with Crippen molar-refractivity contribution in [2.45, 2.75) is 57.7 Å². The molecule has 0 amide bonds. The fraction of sp³-hybridized carbons (Fsp3) is 0.625. The smallest absolute Gasteiger partial charge is 0.320 e. The average molecular weight is 274 g/mol. The van der Waals surface area contributed by atoms with Gasteiger partial charge in [0.15, 0.2) is 0 Å². The third-order valence-corrected chi connectivity index (χ3v) is 5.00. The van der Waals surface area contributed by atoms with E-state index in [9.17, 15) is 9.90 Å². The monoisotopic (exact) mass is 274 g/mol. The minimum Gasteiger partial charge on any atom is -0.480 e. The van der Waals surface area contributed by atoms with E-state index in [0.29, 0.717) is 12.0 Å². The number of carboxylic acids is 1. The van der Waals surface area contributed by atoms with E-state index in [1.54, 1.807) is 6.20 Å². The number of likely N-dealkylation sites (tertiary alicyclic amines) is 1. The SMILES string of the molecule is Cc1cnccc1CN1C(C(=O)O)CC2CCCCC21. The number of hydrogen-bond acceptors (Lipinski definition) is 3. The summed E-state index contributed by atoms with van der Waals surface area (Å²) in [6.07, 6.45) is 9.32. The van der Waals surface area contributed by atoms with Gasteiger partial charge in [-0.05, 0) is 49.3 Å². The van der Waals surface area contributed by atoms with Crippen LogP contribution < -0.4 is 0 Å². The van der Waals surface area contributed by atoms with E-state index in [1.165, 1.54) is 24.8 Å². The van der Waals surface area contributed by atoms with Gasteiger partial charge in [-0.15, -0.1) is 0 Å². The highest BCUT2D eigenvalue weighted by Gasteiger charge is 2.44. The van der Waals surface area contributed by atoms with Crippen molar-refractivity contribution in [2.75, 3.05) is 0 Å². The lowest BCUT2D eigenvalue weighted by atomic mass is 9.84. The molecule has 1 aromatic heterocycles. The van der Waals surface area contributed by atoms with Crippen molar-refractivity contribution in [3.8, 4) is 0 Å². The number of rotatable bonds is 3. The van der Waals surface area contributed by atoms with Crippen molar-refractivity contribution in [3.63, 3.8) is 0 Å². The van der Waals surface area contributed by atoms with Crippen molar-refractivity contribution in [2.24, 2.45) is 5.92 Å². The molecule has 3 unspecified atom stereocenters. The second-order valence-corrected chi connectivity index (χ2v) is 6.18. The minimum absolute atomic E-state index is 0.310. The molecule has 4 nitrogen and oxygen atoms in total. The molecule has 1 aliphatic carbocycles. The van der Waals surface area contributed by atoms with E-state index >= 15 is 0 Å². The van der Waals surface area contributed by atoms with Crippen LogP contribution >= 0.6 is 0 Å². The van der Waals surface area contributed by atoms with Crippen LogP contribution in [0.25, 0.3) is 0 Å². The van der Waals surface area contributed by atoms with Crippen LogP contribution in [-0.4, -0.2) is 33.0 Å². The predicted molar refractivity (Wildman–Crippen MR) is 76.3 cm³/mol. The second kappa shape index (κ2) is 5.52. The second-order valence-electron chi connectivity index (χ2n) is 6.18. The summed E-state index contributed by atoms with van der Waals surface area (Å²) < 4.78 is 0. The van der Waals surface area contributed by atoms with Crippen molar-refractivity contribution >= 4 is 5.97 Å². The van der Waals surface area contributed by atoms with Gasteiger partial charge in [0.25, 0.3) is 0 Å². The number of hydrogen-bond donors (Lipinski definition) is 1. The van der Waals surface area contributed by atoms with Gasteiger partial charge >= 0.3 is 5.97 Å². The summed E-state index contributed by atoms with van der Waals surface area (Å²) in [5.41, 5.74) is 2.35. The zero-order valence-electron chi connectivity index (χ0n) is 12.0. The maximum Gasteiger partial charge on any atom is 0.320 e. The minimum atomic E-state index is -0.661. The van der Waals surface area contributed by atoms with E-state index in [2.05, 4.69) is 9.88 Å². The number of pyridine rings is 1. The van der Waals surface area contributed by atoms with Gasteiger partial charge in [-0.3, -0.25) is 14.7 Å². The maximum absolute atomic E-state index is 11.6. The lowest BCUT2D eigenvalue weighted by Crippen LogP contribution is -2.41. The van der Waals surface area contributed by atoms with Crippen LogP contribution in [-0.2, 0) is 11.3 Å². The van der Waals surface area contributed by atoms with E-state index < -0.39 is 5.97 Å². The van der Waals surface area contributed by atoms with Crippen LogP contribution in [0.5, 0.6) is 0 Å². The van der Waals surface area contributed by atoms with Gasteiger partial charge in [-0.2, -0.15) is 0 Å². The lowest BCUT2D eigenvalue weighted by molar-refractivity contribution is -0.142. The number of fused-ring (bicyclic) bond motifs is 1. The molecule has 1 saturated carbocycles. The van der Waals surface area contributed by atoms with Crippen LogP contribution in [0.2, 0.25) is 0 Å². The molecule has 2 fully saturated rings. The number of aliphatic carboxylic acids is 1. The Hall–Kier alpha value is -1.42. The molecule has 0 radical (unpaired) electrons. The summed E-state index contributed by atoms with van der Waals surface area (Å²) in [4.78, 5) is 17.9. The first-order chi connectivity index (χ1) is 9.66. The van der Waals surface area contributed by atoms with Gasteiger partial charge in [-0.25, -0.2) is 0 Å². The molecule has 0 spiro atoms. The summed E-state index contributed by atoms with van der Waals surface area (Å²) in [6.45, 7) is 2.79. The molecule has 3 rings (SSSR count). The first kappa shape index (κ1) is 13.6. The Morgan fingerprint density at radius 2 is 2.25 bits per heavy atom. The number of aryl methyl sites for hydroxylation is 1. The Kier molecular flexibility index (Phi) is 3.74. The summed E-state index contributed by atoms with van der Waals surface area (Å²) in [6, 6.07) is 2.16. The normalized spacial score (nSPS) is 30.1. The highest BCUT2D eigenvalue weighted by atomic mass is 16.4. The van der Waals surface area contributed by atoms with E-state index in [0.717, 1.165) is 24.9 Å². The van der Waals surface area contributed by atoms with Gasteiger partial charge in [0.05, 0.1) is 0 Å². The topological polar surface area (TPSA) is 53.4 Å². The quantitative estimate of drug-likeness (QED) is 0.920. The Morgan fingerprint density at radius 3 is 3.00 bits per heavy atom. The van der Waals surface area contributed by atoms with Crippen LogP contribution in [0, 0.1) is 12.8 Å². The molecule has 108 valence electrons. The molecule has 0 aromatic carbocycles. The molecule has 1 N–H and O–H groups in total.